The van der Waals surface area contributed by atoms with Gasteiger partial charge in [-0.25, -0.2) is 9.78 Å². The Morgan fingerprint density at radius 2 is 2.19 bits per heavy atom. The molecular formula is C19H23N5O2S. The minimum atomic E-state index is -0.538. The summed E-state index contributed by atoms with van der Waals surface area (Å²) in [5.74, 6) is 0.204. The average molecular weight is 385 g/mol. The molecule has 2 N–H and O–H groups in total. The molecule has 0 bridgehead atoms. The first-order chi connectivity index (χ1) is 12.9. The first-order valence-corrected chi connectivity index (χ1v) is 9.62. The van der Waals surface area contributed by atoms with E-state index in [0.29, 0.717) is 23.7 Å². The molecule has 27 heavy (non-hydrogen) atoms. The van der Waals surface area contributed by atoms with Crippen molar-refractivity contribution in [3.63, 3.8) is 0 Å². The Hall–Kier alpha value is -2.74. The van der Waals surface area contributed by atoms with Crippen LogP contribution in [0.5, 0.6) is 0 Å². The third kappa shape index (κ3) is 4.16. The molecule has 0 spiro atoms. The minimum absolute atomic E-state index is 0.159. The summed E-state index contributed by atoms with van der Waals surface area (Å²) < 4.78 is 0. The molecule has 0 fully saturated rings. The fourth-order valence-corrected chi connectivity index (χ4v) is 3.78. The van der Waals surface area contributed by atoms with Crippen LogP contribution in [0.15, 0.2) is 41.2 Å². The molecule has 2 aromatic heterocycles. The van der Waals surface area contributed by atoms with Crippen LogP contribution in [-0.2, 0) is 11.3 Å². The number of rotatable bonds is 5. The van der Waals surface area contributed by atoms with E-state index in [2.05, 4.69) is 34.4 Å². The van der Waals surface area contributed by atoms with Crippen molar-refractivity contribution < 1.29 is 9.59 Å². The van der Waals surface area contributed by atoms with Gasteiger partial charge >= 0.3 is 6.03 Å². The molecule has 0 aliphatic carbocycles. The van der Waals surface area contributed by atoms with E-state index in [1.54, 1.807) is 48.7 Å². The van der Waals surface area contributed by atoms with Gasteiger partial charge in [0.05, 0.1) is 28.9 Å². The van der Waals surface area contributed by atoms with Gasteiger partial charge in [0.25, 0.3) is 5.91 Å². The van der Waals surface area contributed by atoms with Crippen LogP contribution in [0, 0.1) is 0 Å². The Morgan fingerprint density at radius 3 is 2.81 bits per heavy atom. The van der Waals surface area contributed by atoms with Crippen LogP contribution in [-0.4, -0.2) is 33.9 Å². The summed E-state index contributed by atoms with van der Waals surface area (Å²) in [7, 11) is 1.74. The van der Waals surface area contributed by atoms with Gasteiger partial charge in [0.2, 0.25) is 0 Å². The average Bonchev–Trinajstić information content (AvgIpc) is 3.10. The molecule has 1 unspecified atom stereocenters. The van der Waals surface area contributed by atoms with Gasteiger partial charge in [-0.05, 0) is 18.6 Å². The van der Waals surface area contributed by atoms with E-state index >= 15 is 0 Å². The normalized spacial score (nSPS) is 16.9. The largest absolute Gasteiger partial charge is 0.336 e. The van der Waals surface area contributed by atoms with E-state index in [0.717, 1.165) is 16.3 Å². The lowest BCUT2D eigenvalue weighted by molar-refractivity contribution is -0.126. The zero-order valence-corrected chi connectivity index (χ0v) is 16.6. The molecule has 0 saturated heterocycles. The fourth-order valence-electron chi connectivity index (χ4n) is 2.95. The number of carbonyl (C=O) groups is 2. The first kappa shape index (κ1) is 19.0. The Labute approximate surface area is 162 Å². The third-order valence-corrected chi connectivity index (χ3v) is 5.52. The number of carbonyl (C=O) groups excluding carboxylic acids is 2. The maximum absolute atomic E-state index is 13.2. The predicted molar refractivity (Wildman–Crippen MR) is 104 cm³/mol. The van der Waals surface area contributed by atoms with Gasteiger partial charge in [-0.1, -0.05) is 19.9 Å². The van der Waals surface area contributed by atoms with E-state index < -0.39 is 6.04 Å². The fraction of sp³-hybridized carbons (Fsp3) is 0.368. The Kier molecular flexibility index (Phi) is 5.55. The molecule has 3 rings (SSSR count). The summed E-state index contributed by atoms with van der Waals surface area (Å²) in [6.07, 6.45) is 3.32. The van der Waals surface area contributed by atoms with E-state index in [9.17, 15) is 9.59 Å². The van der Waals surface area contributed by atoms with Crippen molar-refractivity contribution in [2.75, 3.05) is 7.05 Å². The summed E-state index contributed by atoms with van der Waals surface area (Å²) in [4.78, 5) is 35.5. The van der Waals surface area contributed by atoms with E-state index in [4.69, 9.17) is 0 Å². The topological polar surface area (TPSA) is 87.2 Å². The summed E-state index contributed by atoms with van der Waals surface area (Å²) in [6, 6.07) is 2.76. The summed E-state index contributed by atoms with van der Waals surface area (Å²) in [5.41, 5.74) is 2.68. The zero-order valence-electron chi connectivity index (χ0n) is 15.8. The third-order valence-electron chi connectivity index (χ3n) is 4.33. The van der Waals surface area contributed by atoms with Gasteiger partial charge in [0.1, 0.15) is 0 Å². The molecule has 8 heteroatoms. The van der Waals surface area contributed by atoms with Crippen LogP contribution in [0.2, 0.25) is 0 Å². The number of pyridine rings is 1. The number of urea groups is 1. The molecule has 3 amide bonds. The zero-order chi connectivity index (χ0) is 19.6. The van der Waals surface area contributed by atoms with Crippen molar-refractivity contribution in [2.45, 2.75) is 39.3 Å². The van der Waals surface area contributed by atoms with E-state index in [1.165, 1.54) is 0 Å². The maximum atomic E-state index is 13.2. The van der Waals surface area contributed by atoms with Gasteiger partial charge < -0.3 is 15.5 Å². The Balaban J connectivity index is 1.85. The summed E-state index contributed by atoms with van der Waals surface area (Å²) in [6.45, 7) is 6.34. The van der Waals surface area contributed by atoms with Gasteiger partial charge in [0.15, 0.2) is 0 Å². The lowest BCUT2D eigenvalue weighted by atomic mass is 9.95. The molecule has 0 saturated carbocycles. The highest BCUT2D eigenvalue weighted by molar-refractivity contribution is 7.09. The Bertz CT molecular complexity index is 875. The van der Waals surface area contributed by atoms with Crippen LogP contribution in [0.1, 0.15) is 49.0 Å². The standard InChI is InChI=1S/C19H23N5O2S/c1-11(2)17-22-14(10-27-17)9-24(4)18(25)15-12(3)21-19(26)23-16(15)13-6-5-7-20-8-13/h5-8,10-11,16H,9H2,1-4H3,(H2,21,23,26). The lowest BCUT2D eigenvalue weighted by Gasteiger charge is -2.30. The maximum Gasteiger partial charge on any atom is 0.319 e. The second kappa shape index (κ2) is 7.87. The molecule has 2 aromatic rings. The van der Waals surface area contributed by atoms with Crippen LogP contribution in [0.3, 0.4) is 0 Å². The highest BCUT2D eigenvalue weighted by Crippen LogP contribution is 2.28. The second-order valence-corrected chi connectivity index (χ2v) is 7.74. The smallest absolute Gasteiger partial charge is 0.319 e. The van der Waals surface area contributed by atoms with Gasteiger partial charge in [-0.15, -0.1) is 11.3 Å². The summed E-state index contributed by atoms with van der Waals surface area (Å²) >= 11 is 1.61. The SMILES string of the molecule is CC1=C(C(=O)N(C)Cc2csc(C(C)C)n2)C(c2cccnc2)NC(=O)N1. The van der Waals surface area contributed by atoms with Gasteiger partial charge in [-0.3, -0.25) is 9.78 Å². The minimum Gasteiger partial charge on any atom is -0.336 e. The van der Waals surface area contributed by atoms with Crippen molar-refractivity contribution in [2.24, 2.45) is 0 Å². The van der Waals surface area contributed by atoms with Crippen molar-refractivity contribution in [1.29, 1.82) is 0 Å². The number of hydrogen-bond donors (Lipinski definition) is 2. The molecule has 1 aliphatic heterocycles. The van der Waals surface area contributed by atoms with Crippen molar-refractivity contribution >= 4 is 23.3 Å². The van der Waals surface area contributed by atoms with Gasteiger partial charge in [0, 0.05) is 36.4 Å². The second-order valence-electron chi connectivity index (χ2n) is 6.85. The number of thiazole rings is 1. The number of hydrogen-bond acceptors (Lipinski definition) is 5. The van der Waals surface area contributed by atoms with Crippen LogP contribution < -0.4 is 10.6 Å². The van der Waals surface area contributed by atoms with Crippen LogP contribution in [0.4, 0.5) is 4.79 Å². The highest BCUT2D eigenvalue weighted by atomic mass is 32.1. The molecule has 1 atom stereocenters. The number of likely N-dealkylation sites (N-methyl/N-ethyl adjacent to an activating group) is 1. The highest BCUT2D eigenvalue weighted by Gasteiger charge is 2.33. The van der Waals surface area contributed by atoms with Crippen molar-refractivity contribution in [1.82, 2.24) is 25.5 Å². The molecular weight excluding hydrogens is 362 g/mol. The molecule has 7 nitrogen and oxygen atoms in total. The van der Waals surface area contributed by atoms with Crippen LogP contribution >= 0.6 is 11.3 Å². The lowest BCUT2D eigenvalue weighted by Crippen LogP contribution is -2.47. The number of nitrogens with one attached hydrogen (secondary N) is 2. The van der Waals surface area contributed by atoms with Crippen molar-refractivity contribution in [3.05, 3.63) is 57.4 Å². The van der Waals surface area contributed by atoms with Gasteiger partial charge in [-0.2, -0.15) is 0 Å². The molecule has 0 radical (unpaired) electrons. The van der Waals surface area contributed by atoms with E-state index in [1.807, 2.05) is 11.4 Å². The number of allylic oxidation sites excluding steroid dienone is 1. The predicted octanol–water partition coefficient (Wildman–Crippen LogP) is 2.95. The van der Waals surface area contributed by atoms with Crippen LogP contribution in [0.25, 0.3) is 0 Å². The summed E-state index contributed by atoms with van der Waals surface area (Å²) in [5, 5.41) is 8.56. The molecule has 142 valence electrons. The van der Waals surface area contributed by atoms with Crippen molar-refractivity contribution in [3.8, 4) is 0 Å². The first-order valence-electron chi connectivity index (χ1n) is 8.74. The number of amides is 3. The molecule has 3 heterocycles. The van der Waals surface area contributed by atoms with E-state index in [-0.39, 0.29) is 11.9 Å². The number of nitrogens with zero attached hydrogens (tertiary/aromatic N) is 3. The molecule has 0 aromatic carbocycles. The molecule has 1 aliphatic rings. The quantitative estimate of drug-likeness (QED) is 0.828. The monoisotopic (exact) mass is 385 g/mol. The number of aromatic nitrogens is 2. The Morgan fingerprint density at radius 1 is 1.41 bits per heavy atom.